The van der Waals surface area contributed by atoms with Crippen molar-refractivity contribution in [3.8, 4) is 11.6 Å². The van der Waals surface area contributed by atoms with Crippen LogP contribution in [0.15, 0.2) is 23.8 Å². The number of anilines is 1. The van der Waals surface area contributed by atoms with Gasteiger partial charge in [0.1, 0.15) is 10.6 Å². The Kier molecular flexibility index (Phi) is 4.65. The topological polar surface area (TPSA) is 74.1 Å². The second kappa shape index (κ2) is 7.07. The summed E-state index contributed by atoms with van der Waals surface area (Å²) < 4.78 is 12.6. The summed E-state index contributed by atoms with van der Waals surface area (Å²) in [7, 11) is 3.46. The summed E-state index contributed by atoms with van der Waals surface area (Å²) >= 11 is 1.62. The Labute approximate surface area is 150 Å². The molecule has 0 amide bonds. The van der Waals surface area contributed by atoms with Crippen molar-refractivity contribution in [1.82, 2.24) is 19.5 Å². The average Bonchev–Trinajstić information content (AvgIpc) is 3.24. The molecule has 1 aliphatic carbocycles. The quantitative estimate of drug-likeness (QED) is 0.699. The molecule has 132 valence electrons. The monoisotopic (exact) mass is 359 g/mol. The number of hydrogen-bond acceptors (Lipinski definition) is 7. The van der Waals surface area contributed by atoms with Gasteiger partial charge in [-0.3, -0.25) is 0 Å². The third kappa shape index (κ3) is 3.24. The largest absolute Gasteiger partial charge is 0.383 e. The van der Waals surface area contributed by atoms with Gasteiger partial charge in [0.05, 0.1) is 18.1 Å². The maximum absolute atomic E-state index is 5.37. The second-order valence-electron chi connectivity index (χ2n) is 6.14. The molecule has 0 atom stereocenters. The molecule has 3 aromatic rings. The van der Waals surface area contributed by atoms with E-state index in [0.717, 1.165) is 41.2 Å². The highest BCUT2D eigenvalue weighted by Gasteiger charge is 2.30. The molecule has 1 saturated carbocycles. The molecule has 0 radical (unpaired) electrons. The fourth-order valence-corrected chi connectivity index (χ4v) is 3.78. The van der Waals surface area contributed by atoms with Gasteiger partial charge < -0.3 is 19.4 Å². The van der Waals surface area contributed by atoms with E-state index in [1.807, 2.05) is 16.1 Å². The number of rotatable bonds is 7. The molecule has 0 spiro atoms. The molecule has 1 aliphatic rings. The van der Waals surface area contributed by atoms with E-state index >= 15 is 0 Å². The number of hydrogen-bond donors (Lipinski definition) is 1. The smallest absolute Gasteiger partial charge is 0.199 e. The molecule has 3 aromatic heterocycles. The Hall–Kier alpha value is -2.03. The molecule has 0 aliphatic heterocycles. The van der Waals surface area contributed by atoms with Crippen LogP contribution in [0.1, 0.15) is 12.8 Å². The molecule has 0 saturated heterocycles. The first-order valence-electron chi connectivity index (χ1n) is 8.33. The van der Waals surface area contributed by atoms with Crippen molar-refractivity contribution < 1.29 is 9.47 Å². The second-order valence-corrected chi connectivity index (χ2v) is 7.04. The first kappa shape index (κ1) is 16.4. The van der Waals surface area contributed by atoms with E-state index < -0.39 is 0 Å². The van der Waals surface area contributed by atoms with Crippen LogP contribution in [-0.2, 0) is 16.0 Å². The Morgan fingerprint density at radius 1 is 1.32 bits per heavy atom. The van der Waals surface area contributed by atoms with Crippen molar-refractivity contribution in [1.29, 1.82) is 0 Å². The minimum Gasteiger partial charge on any atom is -0.383 e. The third-order valence-electron chi connectivity index (χ3n) is 4.55. The van der Waals surface area contributed by atoms with Crippen molar-refractivity contribution >= 4 is 27.4 Å². The summed E-state index contributed by atoms with van der Waals surface area (Å²) in [6, 6.07) is 2.46. The average molecular weight is 359 g/mol. The van der Waals surface area contributed by atoms with E-state index in [9.17, 15) is 0 Å². The van der Waals surface area contributed by atoms with Gasteiger partial charge in [0.25, 0.3) is 0 Å². The standard InChI is InChI=1S/C17H21N5O2S/c1-23-7-6-22-5-4-18-16(22)15-20-14(13-3-8-25-17(13)21-15)19-11-9-12(10-11)24-2/h3-5,8,11-12H,6-7,9-10H2,1-2H3,(H,19,20,21)/t11-,12+. The molecule has 8 heteroatoms. The highest BCUT2D eigenvalue weighted by Crippen LogP contribution is 2.32. The Bertz CT molecular complexity index is 856. The van der Waals surface area contributed by atoms with Crippen molar-refractivity contribution in [3.05, 3.63) is 23.8 Å². The lowest BCUT2D eigenvalue weighted by Crippen LogP contribution is -2.40. The van der Waals surface area contributed by atoms with Crippen LogP contribution in [0.5, 0.6) is 0 Å². The van der Waals surface area contributed by atoms with E-state index in [1.165, 1.54) is 0 Å². The maximum Gasteiger partial charge on any atom is 0.199 e. The summed E-state index contributed by atoms with van der Waals surface area (Å²) in [5.41, 5.74) is 0. The van der Waals surface area contributed by atoms with Crippen molar-refractivity contribution in [2.75, 3.05) is 26.1 Å². The van der Waals surface area contributed by atoms with Crippen LogP contribution in [0.4, 0.5) is 5.82 Å². The molecular formula is C17H21N5O2S. The molecule has 1 N–H and O–H groups in total. The maximum atomic E-state index is 5.37. The highest BCUT2D eigenvalue weighted by atomic mass is 32.1. The molecule has 0 aromatic carbocycles. The van der Waals surface area contributed by atoms with Gasteiger partial charge in [0.15, 0.2) is 11.6 Å². The number of nitrogens with one attached hydrogen (secondary N) is 1. The molecular weight excluding hydrogens is 338 g/mol. The lowest BCUT2D eigenvalue weighted by atomic mass is 9.89. The fourth-order valence-electron chi connectivity index (χ4n) is 3.02. The lowest BCUT2D eigenvalue weighted by Gasteiger charge is -2.35. The number of nitrogens with zero attached hydrogens (tertiary/aromatic N) is 4. The summed E-state index contributed by atoms with van der Waals surface area (Å²) in [5.74, 6) is 2.28. The van der Waals surface area contributed by atoms with Crippen LogP contribution < -0.4 is 5.32 Å². The molecule has 0 unspecified atom stereocenters. The van der Waals surface area contributed by atoms with Gasteiger partial charge in [-0.15, -0.1) is 11.3 Å². The van der Waals surface area contributed by atoms with Gasteiger partial charge in [-0.2, -0.15) is 0 Å². The predicted octanol–water partition coefficient (Wildman–Crippen LogP) is 2.79. The van der Waals surface area contributed by atoms with Gasteiger partial charge in [-0.1, -0.05) is 0 Å². The van der Waals surface area contributed by atoms with Gasteiger partial charge >= 0.3 is 0 Å². The van der Waals surface area contributed by atoms with Gasteiger partial charge in [-0.05, 0) is 24.3 Å². The molecule has 25 heavy (non-hydrogen) atoms. The number of fused-ring (bicyclic) bond motifs is 1. The lowest BCUT2D eigenvalue weighted by molar-refractivity contribution is 0.0328. The molecule has 1 fully saturated rings. The van der Waals surface area contributed by atoms with Crippen LogP contribution >= 0.6 is 11.3 Å². The van der Waals surface area contributed by atoms with Crippen molar-refractivity contribution in [2.45, 2.75) is 31.5 Å². The van der Waals surface area contributed by atoms with Gasteiger partial charge in [-0.25, -0.2) is 15.0 Å². The zero-order valence-electron chi connectivity index (χ0n) is 14.3. The Morgan fingerprint density at radius 3 is 3.00 bits per heavy atom. The SMILES string of the molecule is COCCn1ccnc1-c1nc(N[C@H]2C[C@@H](OC)C2)c2ccsc2n1. The number of thiophene rings is 1. The Balaban J connectivity index is 1.65. The van der Waals surface area contributed by atoms with Gasteiger partial charge in [0, 0.05) is 39.2 Å². The molecule has 4 rings (SSSR count). The summed E-state index contributed by atoms with van der Waals surface area (Å²) in [6.07, 6.45) is 6.06. The van der Waals surface area contributed by atoms with Gasteiger partial charge in [0.2, 0.25) is 0 Å². The molecule has 0 bridgehead atoms. The minimum absolute atomic E-state index is 0.352. The fraction of sp³-hybridized carbons (Fsp3) is 0.471. The van der Waals surface area contributed by atoms with E-state index in [2.05, 4.69) is 16.4 Å². The highest BCUT2D eigenvalue weighted by molar-refractivity contribution is 7.16. The third-order valence-corrected chi connectivity index (χ3v) is 5.35. The van der Waals surface area contributed by atoms with Crippen LogP contribution in [0, 0.1) is 0 Å². The number of imidazole rings is 1. The van der Waals surface area contributed by atoms with Crippen LogP contribution in [-0.4, -0.2) is 52.5 Å². The number of aromatic nitrogens is 4. The first-order chi connectivity index (χ1) is 12.3. The van der Waals surface area contributed by atoms with Crippen molar-refractivity contribution in [3.63, 3.8) is 0 Å². The van der Waals surface area contributed by atoms with Crippen LogP contribution in [0.2, 0.25) is 0 Å². The van der Waals surface area contributed by atoms with E-state index in [0.29, 0.717) is 24.6 Å². The summed E-state index contributed by atoms with van der Waals surface area (Å²) in [4.78, 5) is 14.9. The van der Waals surface area contributed by atoms with E-state index in [1.54, 1.807) is 31.8 Å². The van der Waals surface area contributed by atoms with E-state index in [-0.39, 0.29) is 0 Å². The molecule has 3 heterocycles. The van der Waals surface area contributed by atoms with Crippen LogP contribution in [0.3, 0.4) is 0 Å². The number of methoxy groups -OCH3 is 2. The van der Waals surface area contributed by atoms with Crippen LogP contribution in [0.25, 0.3) is 21.9 Å². The summed E-state index contributed by atoms with van der Waals surface area (Å²) in [5, 5.41) is 6.66. The Morgan fingerprint density at radius 2 is 2.20 bits per heavy atom. The predicted molar refractivity (Wildman–Crippen MR) is 98.0 cm³/mol. The van der Waals surface area contributed by atoms with E-state index in [4.69, 9.17) is 19.4 Å². The minimum atomic E-state index is 0.352. The molecule has 7 nitrogen and oxygen atoms in total. The first-order valence-corrected chi connectivity index (χ1v) is 9.21. The zero-order chi connectivity index (χ0) is 17.2. The normalized spacial score (nSPS) is 19.9. The number of ether oxygens (including phenoxy) is 2. The zero-order valence-corrected chi connectivity index (χ0v) is 15.1. The summed E-state index contributed by atoms with van der Waals surface area (Å²) in [6.45, 7) is 1.34. The van der Waals surface area contributed by atoms with Crippen molar-refractivity contribution in [2.24, 2.45) is 0 Å².